The molecular formula is C8H13F3N2S. The number of alkyl halides is 3. The van der Waals surface area contributed by atoms with Crippen LogP contribution in [-0.4, -0.2) is 35.1 Å². The molecule has 1 fully saturated rings. The van der Waals surface area contributed by atoms with Crippen LogP contribution < -0.4 is 0 Å². The Balaban J connectivity index is 2.20. The molecule has 2 nitrogen and oxygen atoms in total. The van der Waals surface area contributed by atoms with Crippen molar-refractivity contribution in [1.29, 1.82) is 5.41 Å². The van der Waals surface area contributed by atoms with Gasteiger partial charge in [-0.2, -0.15) is 13.2 Å². The average molecular weight is 226 g/mol. The molecule has 0 unspecified atom stereocenters. The summed E-state index contributed by atoms with van der Waals surface area (Å²) in [4.78, 5) is 1.74. The van der Waals surface area contributed by atoms with Gasteiger partial charge in [-0.25, -0.2) is 0 Å². The van der Waals surface area contributed by atoms with E-state index >= 15 is 0 Å². The van der Waals surface area contributed by atoms with Crippen molar-refractivity contribution in [2.45, 2.75) is 24.8 Å². The number of piperidine rings is 1. The van der Waals surface area contributed by atoms with Crippen molar-refractivity contribution >= 4 is 17.6 Å². The van der Waals surface area contributed by atoms with Gasteiger partial charge in [0.05, 0.1) is 5.84 Å². The predicted octanol–water partition coefficient (Wildman–Crippen LogP) is 2.70. The molecule has 1 rings (SSSR count). The highest BCUT2D eigenvalue weighted by Gasteiger charge is 2.28. The third-order valence-electron chi connectivity index (χ3n) is 2.10. The Morgan fingerprint density at radius 3 is 2.64 bits per heavy atom. The fourth-order valence-electron chi connectivity index (χ4n) is 1.41. The van der Waals surface area contributed by atoms with Crippen molar-refractivity contribution < 1.29 is 13.2 Å². The van der Waals surface area contributed by atoms with Crippen LogP contribution in [0.5, 0.6) is 0 Å². The lowest BCUT2D eigenvalue weighted by molar-refractivity contribution is -0.0328. The molecule has 0 amide bonds. The first kappa shape index (κ1) is 11.7. The number of amidine groups is 1. The lowest BCUT2D eigenvalue weighted by Crippen LogP contribution is -2.36. The molecule has 0 radical (unpaired) electrons. The monoisotopic (exact) mass is 226 g/mol. The molecule has 1 aliphatic rings. The summed E-state index contributed by atoms with van der Waals surface area (Å²) in [6.45, 7) is 1.07. The largest absolute Gasteiger partial charge is 0.441 e. The van der Waals surface area contributed by atoms with Gasteiger partial charge >= 0.3 is 5.51 Å². The van der Waals surface area contributed by atoms with Crippen molar-refractivity contribution in [2.24, 2.45) is 0 Å². The number of hydrogen-bond acceptors (Lipinski definition) is 2. The minimum Gasteiger partial charge on any atom is -0.360 e. The van der Waals surface area contributed by atoms with Crippen LogP contribution in [-0.2, 0) is 0 Å². The van der Waals surface area contributed by atoms with E-state index in [0.29, 0.717) is 18.8 Å². The highest BCUT2D eigenvalue weighted by Crippen LogP contribution is 2.30. The van der Waals surface area contributed by atoms with Crippen LogP contribution in [0.15, 0.2) is 0 Å². The second-order valence-corrected chi connectivity index (χ2v) is 4.34. The van der Waals surface area contributed by atoms with Crippen molar-refractivity contribution in [2.75, 3.05) is 18.8 Å². The first-order chi connectivity index (χ1) is 6.49. The van der Waals surface area contributed by atoms with Gasteiger partial charge in [-0.3, -0.25) is 5.41 Å². The molecule has 0 aromatic rings. The molecule has 1 heterocycles. The maximum absolute atomic E-state index is 11.8. The molecule has 14 heavy (non-hydrogen) atoms. The summed E-state index contributed by atoms with van der Waals surface area (Å²) in [6.07, 6.45) is 2.68. The Bertz CT molecular complexity index is 205. The third-order valence-corrected chi connectivity index (χ3v) is 2.81. The van der Waals surface area contributed by atoms with Crippen LogP contribution in [0.3, 0.4) is 0 Å². The Labute approximate surface area is 85.4 Å². The zero-order valence-electron chi connectivity index (χ0n) is 7.73. The van der Waals surface area contributed by atoms with E-state index in [1.165, 1.54) is 0 Å². The number of nitrogens with zero attached hydrogens (tertiary/aromatic N) is 1. The number of nitrogens with one attached hydrogen (secondary N) is 1. The summed E-state index contributed by atoms with van der Waals surface area (Å²) in [5.74, 6) is 0.505. The van der Waals surface area contributed by atoms with Crippen molar-refractivity contribution in [1.82, 2.24) is 4.90 Å². The van der Waals surface area contributed by atoms with Crippen LogP contribution in [0.2, 0.25) is 0 Å². The number of likely N-dealkylation sites (tertiary alicyclic amines) is 1. The average Bonchev–Trinajstić information content (AvgIpc) is 2.06. The van der Waals surface area contributed by atoms with Crippen LogP contribution in [0, 0.1) is 5.41 Å². The molecule has 1 N–H and O–H groups in total. The second-order valence-electron chi connectivity index (χ2n) is 3.19. The molecule has 0 atom stereocenters. The van der Waals surface area contributed by atoms with E-state index in [2.05, 4.69) is 0 Å². The van der Waals surface area contributed by atoms with Gasteiger partial charge in [0.1, 0.15) is 0 Å². The molecule has 1 aliphatic heterocycles. The Kier molecular flexibility index (Phi) is 4.10. The molecular weight excluding hydrogens is 213 g/mol. The number of rotatable bonds is 3. The van der Waals surface area contributed by atoms with Gasteiger partial charge in [-0.1, -0.05) is 0 Å². The minimum atomic E-state index is -4.14. The second kappa shape index (κ2) is 4.91. The Morgan fingerprint density at radius 1 is 1.36 bits per heavy atom. The van der Waals surface area contributed by atoms with Gasteiger partial charge in [0, 0.05) is 25.3 Å². The quantitative estimate of drug-likeness (QED) is 0.801. The van der Waals surface area contributed by atoms with Crippen LogP contribution in [0.1, 0.15) is 19.3 Å². The van der Waals surface area contributed by atoms with Crippen molar-refractivity contribution in [3.8, 4) is 0 Å². The maximum Gasteiger partial charge on any atom is 0.441 e. The lowest BCUT2D eigenvalue weighted by atomic mass is 10.1. The molecule has 0 spiro atoms. The molecule has 0 aromatic carbocycles. The third kappa shape index (κ3) is 4.21. The van der Waals surface area contributed by atoms with E-state index in [-0.39, 0.29) is 17.5 Å². The minimum absolute atomic E-state index is 0.00908. The van der Waals surface area contributed by atoms with Gasteiger partial charge in [0.15, 0.2) is 0 Å². The normalized spacial score (nSPS) is 18.8. The first-order valence-electron chi connectivity index (χ1n) is 4.52. The van der Waals surface area contributed by atoms with Gasteiger partial charge in [-0.15, -0.1) is 0 Å². The van der Waals surface area contributed by atoms with Gasteiger partial charge in [-0.05, 0) is 24.6 Å². The smallest absolute Gasteiger partial charge is 0.360 e. The van der Waals surface area contributed by atoms with Gasteiger partial charge < -0.3 is 4.90 Å². The Hall–Kier alpha value is -0.390. The van der Waals surface area contributed by atoms with E-state index < -0.39 is 5.51 Å². The molecule has 0 saturated carbocycles. The summed E-state index contributed by atoms with van der Waals surface area (Å²) >= 11 is -0.00908. The van der Waals surface area contributed by atoms with Crippen LogP contribution in [0.25, 0.3) is 0 Å². The molecule has 0 aliphatic carbocycles. The van der Waals surface area contributed by atoms with E-state index in [0.717, 1.165) is 19.4 Å². The SMILES string of the molecule is N=C1CCCCN1CCSC(F)(F)F. The van der Waals surface area contributed by atoms with Crippen molar-refractivity contribution in [3.63, 3.8) is 0 Å². The van der Waals surface area contributed by atoms with Crippen LogP contribution in [0.4, 0.5) is 13.2 Å². The van der Waals surface area contributed by atoms with E-state index in [1.807, 2.05) is 0 Å². The van der Waals surface area contributed by atoms with E-state index in [1.54, 1.807) is 4.90 Å². The topological polar surface area (TPSA) is 27.1 Å². The number of thioether (sulfide) groups is 1. The Morgan fingerprint density at radius 2 is 2.07 bits per heavy atom. The summed E-state index contributed by atoms with van der Waals surface area (Å²) in [7, 11) is 0. The molecule has 0 aromatic heterocycles. The van der Waals surface area contributed by atoms with E-state index in [9.17, 15) is 13.2 Å². The summed E-state index contributed by atoms with van der Waals surface area (Å²) in [6, 6.07) is 0. The fourth-order valence-corrected chi connectivity index (χ4v) is 1.95. The molecule has 1 saturated heterocycles. The molecule has 6 heteroatoms. The summed E-state index contributed by atoms with van der Waals surface area (Å²) < 4.78 is 35.4. The van der Waals surface area contributed by atoms with Crippen molar-refractivity contribution in [3.05, 3.63) is 0 Å². The van der Waals surface area contributed by atoms with Gasteiger partial charge in [0.25, 0.3) is 0 Å². The zero-order chi connectivity index (χ0) is 10.6. The first-order valence-corrected chi connectivity index (χ1v) is 5.50. The fraction of sp³-hybridized carbons (Fsp3) is 0.875. The highest BCUT2D eigenvalue weighted by molar-refractivity contribution is 8.00. The van der Waals surface area contributed by atoms with Crippen LogP contribution >= 0.6 is 11.8 Å². The maximum atomic E-state index is 11.8. The highest BCUT2D eigenvalue weighted by atomic mass is 32.2. The van der Waals surface area contributed by atoms with Gasteiger partial charge in [0.2, 0.25) is 0 Å². The number of hydrogen-bond donors (Lipinski definition) is 1. The standard InChI is InChI=1S/C8H13F3N2S/c9-8(10,11)14-6-5-13-4-2-1-3-7(13)12/h12H,1-6H2. The predicted molar refractivity (Wildman–Crippen MR) is 51.7 cm³/mol. The number of halogens is 3. The van der Waals surface area contributed by atoms with E-state index in [4.69, 9.17) is 5.41 Å². The molecule has 0 bridgehead atoms. The molecule has 82 valence electrons. The summed E-state index contributed by atoms with van der Waals surface area (Å²) in [5.41, 5.74) is -4.14. The summed E-state index contributed by atoms with van der Waals surface area (Å²) in [5, 5.41) is 7.52. The lowest BCUT2D eigenvalue weighted by Gasteiger charge is -2.29. The zero-order valence-corrected chi connectivity index (χ0v) is 8.55.